The fourth-order valence-electron chi connectivity index (χ4n) is 2.27. The van der Waals surface area contributed by atoms with E-state index < -0.39 is 0 Å². The van der Waals surface area contributed by atoms with Crippen molar-refractivity contribution in [3.8, 4) is 5.75 Å². The van der Waals surface area contributed by atoms with Gasteiger partial charge in [0.05, 0.1) is 0 Å². The zero-order valence-corrected chi connectivity index (χ0v) is 9.82. The highest BCUT2D eigenvalue weighted by Gasteiger charge is 2.19. The molecule has 3 heteroatoms. The van der Waals surface area contributed by atoms with Crippen molar-refractivity contribution in [3.63, 3.8) is 0 Å². The molecule has 0 radical (unpaired) electrons. The van der Waals surface area contributed by atoms with Crippen LogP contribution in [0.4, 0.5) is 0 Å². The number of likely N-dealkylation sites (N-methyl/N-ethyl adjacent to an activating group) is 1. The van der Waals surface area contributed by atoms with Crippen LogP contribution in [0.3, 0.4) is 0 Å². The van der Waals surface area contributed by atoms with Crippen LogP contribution in [0.1, 0.15) is 18.4 Å². The second-order valence-electron chi connectivity index (χ2n) is 4.54. The normalized spacial score (nSPS) is 21.4. The summed E-state index contributed by atoms with van der Waals surface area (Å²) >= 11 is 0. The van der Waals surface area contributed by atoms with Crippen molar-refractivity contribution in [2.45, 2.75) is 25.4 Å². The molecule has 88 valence electrons. The van der Waals surface area contributed by atoms with Gasteiger partial charge in [0.1, 0.15) is 5.75 Å². The summed E-state index contributed by atoms with van der Waals surface area (Å²) in [6.07, 6.45) is 2.59. The van der Waals surface area contributed by atoms with Crippen LogP contribution in [-0.4, -0.2) is 36.2 Å². The van der Waals surface area contributed by atoms with E-state index in [1.54, 1.807) is 6.07 Å². The topological polar surface area (TPSA) is 35.5 Å². The van der Waals surface area contributed by atoms with E-state index in [1.807, 2.05) is 18.2 Å². The third-order valence-electron chi connectivity index (χ3n) is 3.36. The van der Waals surface area contributed by atoms with Gasteiger partial charge >= 0.3 is 0 Å². The summed E-state index contributed by atoms with van der Waals surface area (Å²) in [6.45, 7) is 2.96. The minimum atomic E-state index is 0.384. The molecule has 2 rings (SSSR count). The molecule has 1 unspecified atom stereocenters. The van der Waals surface area contributed by atoms with Gasteiger partial charge in [0.2, 0.25) is 0 Å². The molecule has 1 saturated heterocycles. The van der Waals surface area contributed by atoms with Crippen molar-refractivity contribution in [3.05, 3.63) is 29.8 Å². The largest absolute Gasteiger partial charge is 0.508 e. The summed E-state index contributed by atoms with van der Waals surface area (Å²) in [7, 11) is 2.18. The number of hydrogen-bond acceptors (Lipinski definition) is 3. The predicted molar refractivity (Wildman–Crippen MR) is 65.5 cm³/mol. The molecule has 16 heavy (non-hydrogen) atoms. The van der Waals surface area contributed by atoms with E-state index in [4.69, 9.17) is 0 Å². The third-order valence-corrected chi connectivity index (χ3v) is 3.36. The van der Waals surface area contributed by atoms with Crippen LogP contribution in [0.25, 0.3) is 0 Å². The Labute approximate surface area is 97.1 Å². The van der Waals surface area contributed by atoms with Crippen LogP contribution < -0.4 is 5.32 Å². The van der Waals surface area contributed by atoms with Gasteiger partial charge in [-0.3, -0.25) is 0 Å². The zero-order valence-electron chi connectivity index (χ0n) is 9.82. The standard InChI is InChI=1S/C13H20N2O/c1-15-8-4-6-12(15)10-14-9-11-5-2-3-7-13(11)16/h2-3,5,7,12,14,16H,4,6,8-10H2,1H3. The van der Waals surface area contributed by atoms with E-state index in [0.29, 0.717) is 11.8 Å². The molecule has 1 atom stereocenters. The Morgan fingerprint density at radius 3 is 2.94 bits per heavy atom. The van der Waals surface area contributed by atoms with Crippen LogP contribution in [0.2, 0.25) is 0 Å². The van der Waals surface area contributed by atoms with Crippen LogP contribution in [-0.2, 0) is 6.54 Å². The number of aromatic hydroxyl groups is 1. The lowest BCUT2D eigenvalue weighted by molar-refractivity contribution is 0.300. The number of likely N-dealkylation sites (tertiary alicyclic amines) is 1. The minimum absolute atomic E-state index is 0.384. The van der Waals surface area contributed by atoms with E-state index in [2.05, 4.69) is 17.3 Å². The van der Waals surface area contributed by atoms with E-state index in [9.17, 15) is 5.11 Å². The molecule has 0 saturated carbocycles. The second-order valence-corrected chi connectivity index (χ2v) is 4.54. The number of phenolic OH excluding ortho intramolecular Hbond substituents is 1. The molecule has 0 spiro atoms. The van der Waals surface area contributed by atoms with Crippen molar-refractivity contribution in [1.82, 2.24) is 10.2 Å². The quantitative estimate of drug-likeness (QED) is 0.808. The van der Waals surface area contributed by atoms with Crippen molar-refractivity contribution in [2.75, 3.05) is 20.1 Å². The van der Waals surface area contributed by atoms with Gasteiger partial charge in [0, 0.05) is 24.7 Å². The first-order chi connectivity index (χ1) is 7.77. The van der Waals surface area contributed by atoms with Gasteiger partial charge in [0.15, 0.2) is 0 Å². The number of phenols is 1. The zero-order chi connectivity index (χ0) is 11.4. The van der Waals surface area contributed by atoms with E-state index in [0.717, 1.165) is 18.7 Å². The smallest absolute Gasteiger partial charge is 0.120 e. The van der Waals surface area contributed by atoms with Gasteiger partial charge in [-0.05, 0) is 32.5 Å². The van der Waals surface area contributed by atoms with Crippen molar-refractivity contribution in [1.29, 1.82) is 0 Å². The molecule has 0 aromatic heterocycles. The average Bonchev–Trinajstić information content (AvgIpc) is 2.67. The van der Waals surface area contributed by atoms with Crippen LogP contribution in [0, 0.1) is 0 Å². The highest BCUT2D eigenvalue weighted by molar-refractivity contribution is 5.31. The number of hydrogen-bond donors (Lipinski definition) is 2. The average molecular weight is 220 g/mol. The van der Waals surface area contributed by atoms with E-state index in [1.165, 1.54) is 19.4 Å². The number of nitrogens with one attached hydrogen (secondary N) is 1. The van der Waals surface area contributed by atoms with Crippen molar-refractivity contribution in [2.24, 2.45) is 0 Å². The SMILES string of the molecule is CN1CCCC1CNCc1ccccc1O. The van der Waals surface area contributed by atoms with E-state index >= 15 is 0 Å². The first kappa shape index (κ1) is 11.4. The molecule has 1 fully saturated rings. The Bertz CT molecular complexity index is 340. The Kier molecular flexibility index (Phi) is 3.80. The number of para-hydroxylation sites is 1. The molecule has 1 aliphatic heterocycles. The van der Waals surface area contributed by atoms with Crippen LogP contribution >= 0.6 is 0 Å². The maximum absolute atomic E-state index is 9.60. The molecule has 1 heterocycles. The molecular weight excluding hydrogens is 200 g/mol. The molecule has 3 nitrogen and oxygen atoms in total. The summed E-state index contributed by atoms with van der Waals surface area (Å²) in [5.74, 6) is 0.384. The monoisotopic (exact) mass is 220 g/mol. The summed E-state index contributed by atoms with van der Waals surface area (Å²) in [5, 5.41) is 13.0. The molecule has 1 aromatic carbocycles. The molecule has 0 amide bonds. The molecule has 1 aromatic rings. The number of rotatable bonds is 4. The minimum Gasteiger partial charge on any atom is -0.508 e. The fourth-order valence-corrected chi connectivity index (χ4v) is 2.27. The van der Waals surface area contributed by atoms with Gasteiger partial charge in [-0.2, -0.15) is 0 Å². The number of benzene rings is 1. The molecule has 1 aliphatic rings. The van der Waals surface area contributed by atoms with Crippen molar-refractivity contribution >= 4 is 0 Å². The lowest BCUT2D eigenvalue weighted by Gasteiger charge is -2.19. The van der Waals surface area contributed by atoms with Crippen LogP contribution in [0.15, 0.2) is 24.3 Å². The predicted octanol–water partition coefficient (Wildman–Crippen LogP) is 1.58. The Morgan fingerprint density at radius 2 is 2.25 bits per heavy atom. The molecule has 2 N–H and O–H groups in total. The van der Waals surface area contributed by atoms with E-state index in [-0.39, 0.29) is 0 Å². The lowest BCUT2D eigenvalue weighted by atomic mass is 10.2. The number of nitrogens with zero attached hydrogens (tertiary/aromatic N) is 1. The Hall–Kier alpha value is -1.06. The highest BCUT2D eigenvalue weighted by atomic mass is 16.3. The third kappa shape index (κ3) is 2.74. The molecule has 0 bridgehead atoms. The van der Waals surface area contributed by atoms with Gasteiger partial charge in [-0.25, -0.2) is 0 Å². The maximum atomic E-state index is 9.60. The summed E-state index contributed by atoms with van der Waals surface area (Å²) in [5.41, 5.74) is 0.975. The van der Waals surface area contributed by atoms with Gasteiger partial charge in [-0.15, -0.1) is 0 Å². The summed E-state index contributed by atoms with van der Waals surface area (Å²) < 4.78 is 0. The first-order valence-electron chi connectivity index (χ1n) is 5.95. The van der Waals surface area contributed by atoms with Crippen LogP contribution in [0.5, 0.6) is 5.75 Å². The molecular formula is C13H20N2O. The fraction of sp³-hybridized carbons (Fsp3) is 0.538. The summed E-state index contributed by atoms with van der Waals surface area (Å²) in [6, 6.07) is 8.16. The van der Waals surface area contributed by atoms with Crippen molar-refractivity contribution < 1.29 is 5.11 Å². The second kappa shape index (κ2) is 5.32. The highest BCUT2D eigenvalue weighted by Crippen LogP contribution is 2.16. The maximum Gasteiger partial charge on any atom is 0.120 e. The van der Waals surface area contributed by atoms with Gasteiger partial charge < -0.3 is 15.3 Å². The summed E-state index contributed by atoms with van der Waals surface area (Å²) in [4.78, 5) is 2.40. The van der Waals surface area contributed by atoms with Gasteiger partial charge in [0.25, 0.3) is 0 Å². The Morgan fingerprint density at radius 1 is 1.44 bits per heavy atom. The van der Waals surface area contributed by atoms with Gasteiger partial charge in [-0.1, -0.05) is 18.2 Å². The molecule has 0 aliphatic carbocycles. The first-order valence-corrected chi connectivity index (χ1v) is 5.95. The lowest BCUT2D eigenvalue weighted by Crippen LogP contribution is -2.35. The Balaban J connectivity index is 1.78.